The van der Waals surface area contributed by atoms with Crippen molar-refractivity contribution in [3.8, 4) is 0 Å². The van der Waals surface area contributed by atoms with E-state index in [1.165, 1.54) is 36.5 Å². The summed E-state index contributed by atoms with van der Waals surface area (Å²) >= 11 is 14.2. The number of amides is 4. The number of nitrogens with zero attached hydrogens (tertiary/aromatic N) is 4. The third-order valence-electron chi connectivity index (χ3n) is 17.4. The normalized spacial score (nSPS) is 20.0. The maximum absolute atomic E-state index is 17.4. The fourth-order valence-electron chi connectivity index (χ4n) is 13.4. The number of hydrogen-bond donors (Lipinski definition) is 0. The molecular formula is C68H82N4O14S8. The third kappa shape index (κ3) is 14.7. The monoisotopic (exact) mass is 1430 g/mol. The van der Waals surface area contributed by atoms with E-state index in [1.807, 2.05) is 83.4 Å². The molecule has 506 valence electrons. The van der Waals surface area contributed by atoms with Crippen LogP contribution in [-0.2, 0) is 120 Å². The van der Waals surface area contributed by atoms with Crippen molar-refractivity contribution in [1.29, 1.82) is 0 Å². The van der Waals surface area contributed by atoms with Crippen molar-refractivity contribution in [1.82, 2.24) is 19.6 Å². The highest BCUT2D eigenvalue weighted by Crippen LogP contribution is 2.69. The average Bonchev–Trinajstić information content (AvgIpc) is 1.47. The van der Waals surface area contributed by atoms with Gasteiger partial charge >= 0.3 is 12.1 Å². The van der Waals surface area contributed by atoms with Crippen LogP contribution in [0.25, 0.3) is 0 Å². The second-order valence-electron chi connectivity index (χ2n) is 22.6. The number of benzene rings is 4. The number of carbonyl (C=O) groups excluding carboxylic acids is 2. The zero-order valence-corrected chi connectivity index (χ0v) is 60.2. The Balaban J connectivity index is 1.02. The van der Waals surface area contributed by atoms with Crippen molar-refractivity contribution in [2.24, 2.45) is 0 Å². The van der Waals surface area contributed by atoms with Crippen LogP contribution in [0.3, 0.4) is 0 Å². The second kappa shape index (κ2) is 34.7. The van der Waals surface area contributed by atoms with E-state index in [-0.39, 0.29) is 38.2 Å². The zero-order chi connectivity index (χ0) is 64.7. The molecule has 8 aliphatic rings. The molecule has 0 aromatic heterocycles. The maximum Gasteiger partial charge on any atom is 0.325 e. The van der Waals surface area contributed by atoms with Crippen LogP contribution in [0.15, 0.2) is 119 Å². The van der Waals surface area contributed by atoms with E-state index in [0.717, 1.165) is 55.6 Å². The smallest absolute Gasteiger partial charge is 0.325 e. The molecule has 0 unspecified atom stereocenters. The molecule has 0 bridgehead atoms. The molecule has 8 aliphatic heterocycles. The van der Waals surface area contributed by atoms with E-state index in [4.69, 9.17) is 56.8 Å². The lowest BCUT2D eigenvalue weighted by Crippen LogP contribution is -2.62. The van der Waals surface area contributed by atoms with E-state index < -0.39 is 11.3 Å². The molecular weight excluding hydrogens is 1350 g/mol. The van der Waals surface area contributed by atoms with Crippen LogP contribution in [0.2, 0.25) is 0 Å². The molecule has 18 nitrogen and oxygen atoms in total. The summed E-state index contributed by atoms with van der Waals surface area (Å²) in [6.07, 6.45) is 2.27. The summed E-state index contributed by atoms with van der Waals surface area (Å²) < 4.78 is 75.2. The molecule has 0 atom stereocenters. The average molecular weight is 1440 g/mol. The van der Waals surface area contributed by atoms with Gasteiger partial charge in [-0.3, -0.25) is 19.6 Å². The summed E-state index contributed by atoms with van der Waals surface area (Å²) in [4.78, 5) is 47.8. The minimum atomic E-state index is -1.42. The molecule has 4 aromatic carbocycles. The number of fused-ring (bicyclic) bond motifs is 4. The van der Waals surface area contributed by atoms with E-state index >= 15 is 9.59 Å². The molecule has 12 rings (SSSR count). The van der Waals surface area contributed by atoms with Gasteiger partial charge in [0.2, 0.25) is 0 Å². The Bertz CT molecular complexity index is 3040. The van der Waals surface area contributed by atoms with Gasteiger partial charge in [0.15, 0.2) is 11.3 Å². The van der Waals surface area contributed by atoms with Gasteiger partial charge in [0, 0.05) is 59.1 Å². The molecule has 26 heteroatoms. The quantitative estimate of drug-likeness (QED) is 0.0390. The summed E-state index contributed by atoms with van der Waals surface area (Å²) in [7, 11) is 6.67. The number of urea groups is 2. The molecule has 2 saturated heterocycles. The van der Waals surface area contributed by atoms with Gasteiger partial charge in [0.1, 0.15) is 0 Å². The van der Waals surface area contributed by atoms with Crippen LogP contribution < -0.4 is 0 Å². The molecule has 4 aromatic rings. The van der Waals surface area contributed by atoms with Gasteiger partial charge in [0.05, 0.1) is 175 Å². The largest absolute Gasteiger partial charge is 0.382 e. The fourth-order valence-corrected chi connectivity index (χ4v) is 23.6. The summed E-state index contributed by atoms with van der Waals surface area (Å²) in [5, 5.41) is 8.58. The van der Waals surface area contributed by atoms with Gasteiger partial charge in [-0.15, -0.1) is 0 Å². The highest BCUT2D eigenvalue weighted by molar-refractivity contribution is 8.32. The summed E-state index contributed by atoms with van der Waals surface area (Å²) in [6, 6.07) is 20.4. The molecule has 0 saturated carbocycles. The predicted molar refractivity (Wildman–Crippen MR) is 377 cm³/mol. The molecule has 0 spiro atoms. The van der Waals surface area contributed by atoms with Crippen molar-refractivity contribution in [3.05, 3.63) is 155 Å². The van der Waals surface area contributed by atoms with Crippen LogP contribution >= 0.6 is 94.1 Å². The first kappa shape index (κ1) is 70.6. The Morgan fingerprint density at radius 1 is 0.319 bits per heavy atom. The first-order valence-corrected chi connectivity index (χ1v) is 38.6. The van der Waals surface area contributed by atoms with Crippen LogP contribution in [0.5, 0.6) is 0 Å². The van der Waals surface area contributed by atoms with Crippen molar-refractivity contribution in [2.75, 3.05) is 161 Å². The first-order valence-electron chi connectivity index (χ1n) is 31.8. The predicted octanol–water partition coefficient (Wildman–Crippen LogP) is 13.0. The van der Waals surface area contributed by atoms with Gasteiger partial charge < -0.3 is 56.8 Å². The number of ether oxygens (including phenoxy) is 12. The Labute approximate surface area is 586 Å². The summed E-state index contributed by atoms with van der Waals surface area (Å²) in [6.45, 7) is 9.86. The van der Waals surface area contributed by atoms with E-state index in [0.29, 0.717) is 158 Å². The number of rotatable bonds is 38. The minimum absolute atomic E-state index is 0.163. The lowest BCUT2D eigenvalue weighted by atomic mass is 9.79. The lowest BCUT2D eigenvalue weighted by molar-refractivity contribution is -0.0794. The highest BCUT2D eigenvalue weighted by atomic mass is 32.2. The Hall–Kier alpha value is -3.30. The topological polar surface area (TPSA) is 158 Å². The van der Waals surface area contributed by atoms with Crippen LogP contribution in [0.4, 0.5) is 9.59 Å². The van der Waals surface area contributed by atoms with Crippen LogP contribution in [0, 0.1) is 0 Å². The van der Waals surface area contributed by atoms with Crippen LogP contribution in [0.1, 0.15) is 55.6 Å². The fraction of sp³-hybridized carbons (Fsp3) is 0.500. The van der Waals surface area contributed by atoms with Crippen molar-refractivity contribution in [2.45, 2.75) is 82.8 Å². The van der Waals surface area contributed by atoms with E-state index in [9.17, 15) is 0 Å². The number of thioether (sulfide) groups is 8. The summed E-state index contributed by atoms with van der Waals surface area (Å²) in [5.41, 5.74) is 7.53. The lowest BCUT2D eigenvalue weighted by Gasteiger charge is -2.49. The molecule has 4 amide bonds. The number of carbonyl (C=O) groups is 2. The Kier molecular flexibility index (Phi) is 26.0. The Morgan fingerprint density at radius 3 is 0.798 bits per heavy atom. The first-order chi connectivity index (χ1) is 46.4. The number of methoxy groups -OCH3 is 4. The SMILES string of the molecule is COCCOCCOCCc1c2c(c(CCOCCOCCOC)c3c1SC(=C1SC=CS1)S3)CN1C(=O)N3Cc4c(c(CCOCCOCCOC)c5c(c4CCOCCOCCOC)SC(=C4SC=CS4)S5)CN4C(=O)N(C2)C1(c1ccccc1)C43c1ccccc1. The molecule has 0 radical (unpaired) electrons. The molecule has 94 heavy (non-hydrogen) atoms. The van der Waals surface area contributed by atoms with Gasteiger partial charge in [-0.1, -0.05) is 155 Å². The molecule has 8 heterocycles. The van der Waals surface area contributed by atoms with E-state index in [2.05, 4.69) is 65.5 Å². The van der Waals surface area contributed by atoms with Crippen molar-refractivity contribution in [3.63, 3.8) is 0 Å². The van der Waals surface area contributed by atoms with Gasteiger partial charge in [-0.05, 0) is 91.8 Å². The van der Waals surface area contributed by atoms with Crippen LogP contribution in [-0.4, -0.2) is 192 Å². The van der Waals surface area contributed by atoms with Gasteiger partial charge in [-0.25, -0.2) is 9.59 Å². The second-order valence-corrected chi connectivity index (χ2v) is 31.4. The summed E-state index contributed by atoms with van der Waals surface area (Å²) in [5.74, 6) is 0. The van der Waals surface area contributed by atoms with Gasteiger partial charge in [0.25, 0.3) is 0 Å². The molecule has 2 fully saturated rings. The minimum Gasteiger partial charge on any atom is -0.382 e. The van der Waals surface area contributed by atoms with E-state index in [1.54, 1.807) is 75.5 Å². The van der Waals surface area contributed by atoms with Gasteiger partial charge in [-0.2, -0.15) is 0 Å². The zero-order valence-electron chi connectivity index (χ0n) is 53.7. The maximum atomic E-state index is 17.4. The number of hydrogen-bond acceptors (Lipinski definition) is 22. The highest BCUT2D eigenvalue weighted by Gasteiger charge is 2.81. The van der Waals surface area contributed by atoms with Crippen molar-refractivity contribution >= 4 is 106 Å². The Morgan fingerprint density at radius 2 is 0.553 bits per heavy atom. The standard InChI is InChI=1S/C68H82N4O14S8/c1-75-23-27-83-35-31-79-19-15-49-53-43-69-65(73)71-45-55-51(17-21-81-33-37-85-29-25-77-3)59-60(94-64(93-59)62-89-41-42-90-62)52(18-22-82-34-38-86-30-26-78-4)56(55)46-72-66(74)70(67(69,47-11-7-5-8-12-47)68(71,72)48-13-9-6-10-14-48)44-54(53)50(16-20-80-32-36-84-28-24-76-2)58-57(49)91-63(92-58)61-87-39-40-88-61/h5-14,39-42H,15-38,43-46H2,1-4H3. The van der Waals surface area contributed by atoms with Crippen molar-refractivity contribution < 1.29 is 66.4 Å². The third-order valence-corrected chi connectivity index (χ3v) is 28.1. The molecule has 0 N–H and O–H groups in total. The molecule has 0 aliphatic carbocycles.